The smallest absolute Gasteiger partial charge is 0.265 e. The van der Waals surface area contributed by atoms with Crippen LogP contribution in [0.2, 0.25) is 0 Å². The summed E-state index contributed by atoms with van der Waals surface area (Å²) in [5.41, 5.74) is 0.200. The summed E-state index contributed by atoms with van der Waals surface area (Å²) < 4.78 is 0.340. The van der Waals surface area contributed by atoms with E-state index in [1.165, 1.54) is 18.2 Å². The summed E-state index contributed by atoms with van der Waals surface area (Å²) in [5.74, 6) is -0.599. The molecule has 0 atom stereocenters. The van der Waals surface area contributed by atoms with Crippen LogP contribution in [0.3, 0.4) is 0 Å². The summed E-state index contributed by atoms with van der Waals surface area (Å²) >= 11 is 3.01. The van der Waals surface area contributed by atoms with Crippen molar-refractivity contribution in [3.8, 4) is 5.75 Å². The molecule has 1 aromatic carbocycles. The Labute approximate surface area is 87.6 Å². The van der Waals surface area contributed by atoms with Crippen LogP contribution in [0.15, 0.2) is 22.7 Å². The summed E-state index contributed by atoms with van der Waals surface area (Å²) in [7, 11) is 0. The van der Waals surface area contributed by atoms with Crippen molar-refractivity contribution in [1.29, 1.82) is 0 Å². The third-order valence-corrected chi connectivity index (χ3v) is 2.18. The second kappa shape index (κ2) is 4.19. The first kappa shape index (κ1) is 10.6. The fraction of sp³-hybridized carbons (Fsp3) is 0.125. The maximum absolute atomic E-state index is 11.2. The van der Waals surface area contributed by atoms with Gasteiger partial charge in [0.2, 0.25) is 5.78 Å². The van der Waals surface area contributed by atoms with Crippen molar-refractivity contribution in [3.05, 3.63) is 38.3 Å². The molecular weight excluding hydrogens is 254 g/mol. The van der Waals surface area contributed by atoms with Gasteiger partial charge in [0.25, 0.3) is 6.54 Å². The van der Waals surface area contributed by atoms with E-state index in [0.717, 1.165) is 0 Å². The van der Waals surface area contributed by atoms with Gasteiger partial charge in [-0.25, -0.2) is 0 Å². The van der Waals surface area contributed by atoms with Crippen molar-refractivity contribution in [3.63, 3.8) is 0 Å². The first-order valence-corrected chi connectivity index (χ1v) is 4.43. The fourth-order valence-electron chi connectivity index (χ4n) is 0.889. The van der Waals surface area contributed by atoms with Crippen LogP contribution in [0.4, 0.5) is 0 Å². The zero-order valence-corrected chi connectivity index (χ0v) is 8.52. The Kier molecular flexibility index (Phi) is 3.19. The number of hydrogen-bond donors (Lipinski definition) is 1. The number of nitrogens with zero attached hydrogens (tertiary/aromatic N) is 1. The van der Waals surface area contributed by atoms with Gasteiger partial charge >= 0.3 is 0 Å². The van der Waals surface area contributed by atoms with Crippen LogP contribution in [-0.2, 0) is 0 Å². The Morgan fingerprint density at radius 1 is 1.57 bits per heavy atom. The number of nitro groups is 1. The number of rotatable bonds is 3. The van der Waals surface area contributed by atoms with Crippen LogP contribution < -0.4 is 0 Å². The van der Waals surface area contributed by atoms with Gasteiger partial charge in [-0.05, 0) is 34.1 Å². The highest BCUT2D eigenvalue weighted by Crippen LogP contribution is 2.24. The topological polar surface area (TPSA) is 80.4 Å². The third-order valence-electron chi connectivity index (χ3n) is 1.54. The molecule has 0 aliphatic rings. The lowest BCUT2D eigenvalue weighted by molar-refractivity contribution is -0.465. The molecular formula is C8H6BrNO4. The molecule has 5 nitrogen and oxygen atoms in total. The molecule has 0 bridgehead atoms. The summed E-state index contributed by atoms with van der Waals surface area (Å²) in [4.78, 5) is 20.5. The molecule has 0 unspecified atom stereocenters. The fourth-order valence-corrected chi connectivity index (χ4v) is 1.27. The van der Waals surface area contributed by atoms with Crippen molar-refractivity contribution in [1.82, 2.24) is 0 Å². The number of halogens is 1. The summed E-state index contributed by atoms with van der Waals surface area (Å²) in [5, 5.41) is 19.2. The largest absolute Gasteiger partial charge is 0.507 e. The molecule has 74 valence electrons. The number of carbonyl (C=O) groups excluding carboxylic acids is 1. The molecule has 0 aliphatic heterocycles. The SMILES string of the molecule is O=C(C[N+](=O)[O-])c1ccc(O)c(Br)c1. The number of aromatic hydroxyl groups is 1. The molecule has 0 radical (unpaired) electrons. The third kappa shape index (κ3) is 2.53. The van der Waals surface area contributed by atoms with Crippen molar-refractivity contribution < 1.29 is 14.8 Å². The highest BCUT2D eigenvalue weighted by atomic mass is 79.9. The molecule has 0 spiro atoms. The predicted octanol–water partition coefficient (Wildman–Crippen LogP) is 1.61. The number of ketones is 1. The Morgan fingerprint density at radius 3 is 2.71 bits per heavy atom. The molecule has 1 aromatic rings. The van der Waals surface area contributed by atoms with Crippen LogP contribution in [0, 0.1) is 10.1 Å². The molecule has 0 fully saturated rings. The van der Waals surface area contributed by atoms with E-state index < -0.39 is 17.3 Å². The Hall–Kier alpha value is -1.43. The van der Waals surface area contributed by atoms with E-state index in [1.807, 2.05) is 0 Å². The highest BCUT2D eigenvalue weighted by Gasteiger charge is 2.13. The molecule has 0 saturated carbocycles. The molecule has 0 heterocycles. The van der Waals surface area contributed by atoms with Gasteiger partial charge < -0.3 is 5.11 Å². The Bertz CT molecular complexity index is 391. The Morgan fingerprint density at radius 2 is 2.21 bits per heavy atom. The maximum atomic E-state index is 11.2. The van der Waals surface area contributed by atoms with E-state index in [9.17, 15) is 14.9 Å². The molecule has 0 amide bonds. The minimum Gasteiger partial charge on any atom is -0.507 e. The summed E-state index contributed by atoms with van der Waals surface area (Å²) in [6.45, 7) is -0.739. The van der Waals surface area contributed by atoms with Crippen LogP contribution in [0.5, 0.6) is 5.75 Å². The first-order chi connectivity index (χ1) is 6.50. The van der Waals surface area contributed by atoms with E-state index in [0.29, 0.717) is 4.47 Å². The average molecular weight is 260 g/mol. The minimum absolute atomic E-state index is 0.0114. The number of Topliss-reactive ketones (excluding diaryl/α,β-unsaturated/α-hetero) is 1. The maximum Gasteiger partial charge on any atom is 0.265 e. The van der Waals surface area contributed by atoms with E-state index in [1.54, 1.807) is 0 Å². The van der Waals surface area contributed by atoms with Crippen molar-refractivity contribution in [2.75, 3.05) is 6.54 Å². The molecule has 0 aliphatic carbocycles. The van der Waals surface area contributed by atoms with Crippen molar-refractivity contribution in [2.45, 2.75) is 0 Å². The molecule has 0 saturated heterocycles. The zero-order valence-electron chi connectivity index (χ0n) is 6.94. The number of carbonyl (C=O) groups is 1. The molecule has 1 rings (SSSR count). The van der Waals surface area contributed by atoms with Gasteiger partial charge in [0, 0.05) is 10.5 Å². The quantitative estimate of drug-likeness (QED) is 0.508. The summed E-state index contributed by atoms with van der Waals surface area (Å²) in [6.07, 6.45) is 0. The lowest BCUT2D eigenvalue weighted by Gasteiger charge is -1.99. The lowest BCUT2D eigenvalue weighted by Crippen LogP contribution is -2.13. The Balaban J connectivity index is 2.91. The molecule has 1 N–H and O–H groups in total. The number of phenolic OH excluding ortho intramolecular Hbond substituents is 1. The van der Waals surface area contributed by atoms with Gasteiger partial charge in [0.05, 0.1) is 4.47 Å². The van der Waals surface area contributed by atoms with Gasteiger partial charge in [-0.1, -0.05) is 0 Å². The molecule has 14 heavy (non-hydrogen) atoms. The summed E-state index contributed by atoms with van der Waals surface area (Å²) in [6, 6.07) is 3.99. The van der Waals surface area contributed by atoms with Crippen LogP contribution >= 0.6 is 15.9 Å². The van der Waals surface area contributed by atoms with Gasteiger partial charge in [0.15, 0.2) is 0 Å². The van der Waals surface area contributed by atoms with E-state index in [2.05, 4.69) is 15.9 Å². The minimum atomic E-state index is -0.739. The van der Waals surface area contributed by atoms with E-state index in [-0.39, 0.29) is 11.3 Å². The molecule has 6 heteroatoms. The number of hydrogen-bond acceptors (Lipinski definition) is 4. The highest BCUT2D eigenvalue weighted by molar-refractivity contribution is 9.10. The van der Waals surface area contributed by atoms with E-state index in [4.69, 9.17) is 5.11 Å². The number of phenols is 1. The molecule has 0 aromatic heterocycles. The normalized spacial score (nSPS) is 9.79. The zero-order chi connectivity index (χ0) is 10.7. The van der Waals surface area contributed by atoms with Crippen molar-refractivity contribution >= 4 is 21.7 Å². The van der Waals surface area contributed by atoms with Gasteiger partial charge in [-0.15, -0.1) is 0 Å². The van der Waals surface area contributed by atoms with Gasteiger partial charge in [-0.3, -0.25) is 14.9 Å². The second-order valence-electron chi connectivity index (χ2n) is 2.58. The average Bonchev–Trinajstić information content (AvgIpc) is 2.08. The van der Waals surface area contributed by atoms with Crippen molar-refractivity contribution in [2.24, 2.45) is 0 Å². The van der Waals surface area contributed by atoms with Gasteiger partial charge in [-0.2, -0.15) is 0 Å². The standard InChI is InChI=1S/C8H6BrNO4/c9-6-3-5(1-2-7(6)11)8(12)4-10(13)14/h1-3,11H,4H2. The first-order valence-electron chi connectivity index (χ1n) is 3.64. The lowest BCUT2D eigenvalue weighted by atomic mass is 10.1. The van der Waals surface area contributed by atoms with Crippen LogP contribution in [0.25, 0.3) is 0 Å². The monoisotopic (exact) mass is 259 g/mol. The number of benzene rings is 1. The van der Waals surface area contributed by atoms with Crippen LogP contribution in [-0.4, -0.2) is 22.4 Å². The second-order valence-corrected chi connectivity index (χ2v) is 3.43. The predicted molar refractivity (Wildman–Crippen MR) is 52.0 cm³/mol. The van der Waals surface area contributed by atoms with E-state index >= 15 is 0 Å². The van der Waals surface area contributed by atoms with Gasteiger partial charge in [0.1, 0.15) is 5.75 Å². The van der Waals surface area contributed by atoms with Crippen LogP contribution in [0.1, 0.15) is 10.4 Å².